The van der Waals surface area contributed by atoms with Crippen molar-refractivity contribution in [1.29, 1.82) is 0 Å². The minimum atomic E-state index is -1.10. The van der Waals surface area contributed by atoms with E-state index in [1.807, 2.05) is 0 Å². The van der Waals surface area contributed by atoms with Crippen molar-refractivity contribution in [1.82, 2.24) is 4.98 Å². The second-order valence-corrected chi connectivity index (χ2v) is 6.02. The second-order valence-electron chi connectivity index (χ2n) is 4.81. The number of halogens is 2. The Kier molecular flexibility index (Phi) is 5.05. The lowest BCUT2D eigenvalue weighted by molar-refractivity contribution is -0.123. The summed E-state index contributed by atoms with van der Waals surface area (Å²) < 4.78 is 31.0. The van der Waals surface area contributed by atoms with Crippen molar-refractivity contribution in [3.05, 3.63) is 45.4 Å². The van der Waals surface area contributed by atoms with E-state index in [9.17, 15) is 18.4 Å². The molecule has 0 bridgehead atoms. The SMILES string of the molecule is Cc1nc(C)c(C(=O)O[C@@H](C)C(=O)Nc2ccc(F)c(F)c2)s1. The highest BCUT2D eigenvalue weighted by molar-refractivity contribution is 7.13. The standard InChI is InChI=1S/C15H14F2N2O3S/c1-7-13(23-9(3)18-7)15(21)22-8(2)14(20)19-10-4-5-11(16)12(17)6-10/h4-6,8H,1-3H3,(H,19,20)/t8-/m0/s1. The van der Waals surface area contributed by atoms with E-state index in [4.69, 9.17) is 4.74 Å². The Labute approximate surface area is 135 Å². The lowest BCUT2D eigenvalue weighted by atomic mass is 10.2. The Balaban J connectivity index is 2.00. The Bertz CT molecular complexity index is 761. The van der Waals surface area contributed by atoms with Crippen LogP contribution in [0.1, 0.15) is 27.3 Å². The fraction of sp³-hybridized carbons (Fsp3) is 0.267. The Morgan fingerprint density at radius 1 is 1.26 bits per heavy atom. The topological polar surface area (TPSA) is 68.3 Å². The summed E-state index contributed by atoms with van der Waals surface area (Å²) in [6.07, 6.45) is -1.10. The first kappa shape index (κ1) is 17.0. The van der Waals surface area contributed by atoms with Crippen LogP contribution in [0.5, 0.6) is 0 Å². The summed E-state index contributed by atoms with van der Waals surface area (Å²) in [5.74, 6) is -3.40. The van der Waals surface area contributed by atoms with E-state index in [-0.39, 0.29) is 5.69 Å². The molecule has 0 radical (unpaired) electrons. The summed E-state index contributed by atoms with van der Waals surface area (Å²) in [5.41, 5.74) is 0.604. The molecule has 1 heterocycles. The van der Waals surface area contributed by atoms with Crippen molar-refractivity contribution in [2.75, 3.05) is 5.32 Å². The van der Waals surface area contributed by atoms with Gasteiger partial charge in [-0.1, -0.05) is 0 Å². The highest BCUT2D eigenvalue weighted by Crippen LogP contribution is 2.19. The largest absolute Gasteiger partial charge is 0.448 e. The van der Waals surface area contributed by atoms with Gasteiger partial charge in [0.15, 0.2) is 17.7 Å². The molecule has 0 aliphatic heterocycles. The molecule has 0 aliphatic carbocycles. The van der Waals surface area contributed by atoms with Crippen molar-refractivity contribution in [2.45, 2.75) is 26.9 Å². The maximum absolute atomic E-state index is 13.1. The number of amides is 1. The van der Waals surface area contributed by atoms with Gasteiger partial charge in [0, 0.05) is 11.8 Å². The van der Waals surface area contributed by atoms with Crippen LogP contribution in [0.15, 0.2) is 18.2 Å². The zero-order valence-electron chi connectivity index (χ0n) is 12.6. The van der Waals surface area contributed by atoms with Gasteiger partial charge in [0.25, 0.3) is 5.91 Å². The van der Waals surface area contributed by atoms with Crippen molar-refractivity contribution in [3.63, 3.8) is 0 Å². The highest BCUT2D eigenvalue weighted by atomic mass is 32.1. The van der Waals surface area contributed by atoms with Crippen molar-refractivity contribution < 1.29 is 23.1 Å². The average molecular weight is 340 g/mol. The number of hydrogen-bond acceptors (Lipinski definition) is 5. The molecule has 5 nitrogen and oxygen atoms in total. The highest BCUT2D eigenvalue weighted by Gasteiger charge is 2.22. The molecule has 2 aromatic rings. The fourth-order valence-corrected chi connectivity index (χ4v) is 2.61. The maximum Gasteiger partial charge on any atom is 0.351 e. The number of nitrogens with zero attached hydrogens (tertiary/aromatic N) is 1. The van der Waals surface area contributed by atoms with Gasteiger partial charge in [0.1, 0.15) is 4.88 Å². The molecule has 0 saturated heterocycles. The number of ether oxygens (including phenoxy) is 1. The molecule has 0 fully saturated rings. The molecule has 1 amide bonds. The van der Waals surface area contributed by atoms with Gasteiger partial charge in [-0.25, -0.2) is 18.6 Å². The average Bonchev–Trinajstić information content (AvgIpc) is 2.81. The van der Waals surface area contributed by atoms with Crippen molar-refractivity contribution in [3.8, 4) is 0 Å². The monoisotopic (exact) mass is 340 g/mol. The normalized spacial score (nSPS) is 11.9. The quantitative estimate of drug-likeness (QED) is 0.868. The van der Waals surface area contributed by atoms with Gasteiger partial charge in [-0.3, -0.25) is 4.79 Å². The van der Waals surface area contributed by atoms with Gasteiger partial charge < -0.3 is 10.1 Å². The van der Waals surface area contributed by atoms with Gasteiger partial charge in [0.05, 0.1) is 10.7 Å². The molecule has 1 N–H and O–H groups in total. The van der Waals surface area contributed by atoms with E-state index in [0.717, 1.165) is 12.1 Å². The van der Waals surface area contributed by atoms with Crippen LogP contribution in [0.2, 0.25) is 0 Å². The van der Waals surface area contributed by atoms with Crippen LogP contribution in [0, 0.1) is 25.5 Å². The van der Waals surface area contributed by atoms with Crippen molar-refractivity contribution >= 4 is 28.9 Å². The summed E-state index contributed by atoms with van der Waals surface area (Å²) in [6.45, 7) is 4.82. The number of aryl methyl sites for hydroxylation is 2. The van der Waals surface area contributed by atoms with Gasteiger partial charge in [-0.15, -0.1) is 11.3 Å². The summed E-state index contributed by atoms with van der Waals surface area (Å²) in [4.78, 5) is 28.4. The first-order chi connectivity index (χ1) is 10.8. The smallest absolute Gasteiger partial charge is 0.351 e. The number of benzene rings is 1. The number of esters is 1. The van der Waals surface area contributed by atoms with E-state index in [1.165, 1.54) is 24.3 Å². The minimum absolute atomic E-state index is 0.0709. The molecule has 0 unspecified atom stereocenters. The van der Waals surface area contributed by atoms with Crippen LogP contribution in [-0.2, 0) is 9.53 Å². The second kappa shape index (κ2) is 6.82. The van der Waals surface area contributed by atoms with Crippen LogP contribution in [0.25, 0.3) is 0 Å². The van der Waals surface area contributed by atoms with Gasteiger partial charge in [0.2, 0.25) is 0 Å². The Morgan fingerprint density at radius 3 is 2.52 bits per heavy atom. The van der Waals surface area contributed by atoms with E-state index >= 15 is 0 Å². The summed E-state index contributed by atoms with van der Waals surface area (Å²) in [5, 5.41) is 3.07. The van der Waals surface area contributed by atoms with Crippen LogP contribution in [-0.4, -0.2) is 23.0 Å². The first-order valence-corrected chi connectivity index (χ1v) is 7.50. The lowest BCUT2D eigenvalue weighted by Crippen LogP contribution is -2.30. The van der Waals surface area contributed by atoms with Crippen LogP contribution >= 0.6 is 11.3 Å². The first-order valence-electron chi connectivity index (χ1n) is 6.69. The van der Waals surface area contributed by atoms with Crippen LogP contribution in [0.4, 0.5) is 14.5 Å². The molecule has 0 aliphatic rings. The van der Waals surface area contributed by atoms with E-state index in [2.05, 4.69) is 10.3 Å². The van der Waals surface area contributed by atoms with Crippen LogP contribution in [0.3, 0.4) is 0 Å². The summed E-state index contributed by atoms with van der Waals surface area (Å²) in [7, 11) is 0. The third-order valence-corrected chi connectivity index (χ3v) is 3.98. The zero-order chi connectivity index (χ0) is 17.1. The predicted molar refractivity (Wildman–Crippen MR) is 81.5 cm³/mol. The Hall–Kier alpha value is -2.35. The van der Waals surface area contributed by atoms with Crippen LogP contribution < -0.4 is 5.32 Å². The molecule has 8 heteroatoms. The Morgan fingerprint density at radius 2 is 1.96 bits per heavy atom. The number of anilines is 1. The molecule has 1 atom stereocenters. The number of rotatable bonds is 4. The van der Waals surface area contributed by atoms with Gasteiger partial charge in [-0.05, 0) is 32.9 Å². The van der Waals surface area contributed by atoms with Crippen molar-refractivity contribution in [2.24, 2.45) is 0 Å². The number of carbonyl (C=O) groups is 2. The van der Waals surface area contributed by atoms with E-state index < -0.39 is 29.6 Å². The number of hydrogen-bond donors (Lipinski definition) is 1. The zero-order valence-corrected chi connectivity index (χ0v) is 13.5. The molecule has 2 rings (SSSR count). The maximum atomic E-state index is 13.1. The number of nitrogens with one attached hydrogen (secondary N) is 1. The minimum Gasteiger partial charge on any atom is -0.448 e. The molecular weight excluding hydrogens is 326 g/mol. The predicted octanol–water partition coefficient (Wildman–Crippen LogP) is 3.22. The molecule has 122 valence electrons. The van der Waals surface area contributed by atoms with Gasteiger partial charge in [-0.2, -0.15) is 0 Å². The molecule has 1 aromatic carbocycles. The third-order valence-electron chi connectivity index (χ3n) is 2.93. The number of thiazole rings is 1. The molecule has 23 heavy (non-hydrogen) atoms. The molecule has 0 spiro atoms. The fourth-order valence-electron chi connectivity index (χ4n) is 1.81. The third kappa shape index (κ3) is 4.10. The number of carbonyl (C=O) groups excluding carboxylic acids is 2. The summed E-state index contributed by atoms with van der Waals surface area (Å²) in [6, 6.07) is 2.95. The van der Waals surface area contributed by atoms with E-state index in [0.29, 0.717) is 15.6 Å². The lowest BCUT2D eigenvalue weighted by Gasteiger charge is -2.13. The number of aromatic nitrogens is 1. The van der Waals surface area contributed by atoms with E-state index in [1.54, 1.807) is 13.8 Å². The summed E-state index contributed by atoms with van der Waals surface area (Å²) >= 11 is 1.18. The molecular formula is C15H14F2N2O3S. The van der Waals surface area contributed by atoms with Gasteiger partial charge >= 0.3 is 5.97 Å². The molecule has 1 aromatic heterocycles. The molecule has 0 saturated carbocycles.